The van der Waals surface area contributed by atoms with Gasteiger partial charge in [0.2, 0.25) is 0 Å². The lowest BCUT2D eigenvalue weighted by Crippen LogP contribution is -1.81. The second-order valence-corrected chi connectivity index (χ2v) is 10.2. The topological polar surface area (TPSA) is 0 Å². The molecule has 0 unspecified atom stereocenters. The largest absolute Gasteiger partial charge is 0.0884 e. The summed E-state index contributed by atoms with van der Waals surface area (Å²) < 4.78 is 2.81. The van der Waals surface area contributed by atoms with Crippen LogP contribution in [0, 0.1) is 0 Å². The van der Waals surface area contributed by atoms with Crippen LogP contribution in [0.25, 0.3) is 17.2 Å². The molecule has 0 aromatic heterocycles. The molecule has 4 heteroatoms. The molecule has 5 rings (SSSR count). The lowest BCUT2D eigenvalue weighted by Gasteiger charge is -2.02. The number of rotatable bonds is 2. The third-order valence-electron chi connectivity index (χ3n) is 4.32. The van der Waals surface area contributed by atoms with Crippen LogP contribution in [0.4, 0.5) is 0 Å². The second-order valence-electron chi connectivity index (χ2n) is 5.91. The van der Waals surface area contributed by atoms with Crippen molar-refractivity contribution in [3.63, 3.8) is 0 Å². The van der Waals surface area contributed by atoms with Gasteiger partial charge in [-0.3, -0.25) is 0 Å². The van der Waals surface area contributed by atoms with E-state index >= 15 is 0 Å². The maximum Gasteiger partial charge on any atom is 0.0700 e. The van der Waals surface area contributed by atoms with Gasteiger partial charge in [0.1, 0.15) is 0 Å². The predicted octanol–water partition coefficient (Wildman–Crippen LogP) is 7.67. The van der Waals surface area contributed by atoms with E-state index < -0.39 is 0 Å². The van der Waals surface area contributed by atoms with Gasteiger partial charge in [0, 0.05) is 4.91 Å². The smallest absolute Gasteiger partial charge is 0.0700 e. The number of thioether (sulfide) groups is 4. The molecule has 0 N–H and O–H groups in total. The van der Waals surface area contributed by atoms with Crippen LogP contribution >= 0.6 is 47.0 Å². The van der Waals surface area contributed by atoms with Gasteiger partial charge in [-0.05, 0) is 56.5 Å². The van der Waals surface area contributed by atoms with E-state index in [1.54, 1.807) is 0 Å². The van der Waals surface area contributed by atoms with Crippen LogP contribution in [0.3, 0.4) is 0 Å². The standard InChI is InChI=1S/C21H14S4/c1-2-4-18-15(3-1)12-16-11-14(6-8-19(16)18)5-7-17-13-24-21(25-17)20-22-9-10-23-20/h1-11,13H,12H2/b7-5+. The summed E-state index contributed by atoms with van der Waals surface area (Å²) in [6.07, 6.45) is 5.54. The van der Waals surface area contributed by atoms with Crippen molar-refractivity contribution in [1.82, 2.24) is 0 Å². The van der Waals surface area contributed by atoms with Crippen molar-refractivity contribution in [3.05, 3.63) is 94.8 Å². The highest BCUT2D eigenvalue weighted by Crippen LogP contribution is 2.53. The van der Waals surface area contributed by atoms with Crippen molar-refractivity contribution in [1.29, 1.82) is 0 Å². The summed E-state index contributed by atoms with van der Waals surface area (Å²) in [5.74, 6) is 0. The van der Waals surface area contributed by atoms with Crippen molar-refractivity contribution in [3.8, 4) is 11.1 Å². The lowest BCUT2D eigenvalue weighted by atomic mass is 10.0. The molecule has 3 aliphatic rings. The summed E-state index contributed by atoms with van der Waals surface area (Å²) in [4.78, 5) is 1.32. The highest BCUT2D eigenvalue weighted by atomic mass is 32.2. The Bertz CT molecular complexity index is 969. The minimum Gasteiger partial charge on any atom is -0.0884 e. The van der Waals surface area contributed by atoms with Crippen molar-refractivity contribution in [2.24, 2.45) is 0 Å². The molecule has 0 amide bonds. The number of allylic oxidation sites excluding steroid dienone is 1. The van der Waals surface area contributed by atoms with E-state index in [1.165, 1.54) is 41.2 Å². The molecule has 2 aliphatic heterocycles. The number of hydrogen-bond acceptors (Lipinski definition) is 4. The van der Waals surface area contributed by atoms with Gasteiger partial charge >= 0.3 is 0 Å². The monoisotopic (exact) mass is 394 g/mol. The summed E-state index contributed by atoms with van der Waals surface area (Å²) in [5, 5.41) is 6.57. The molecule has 0 nitrogen and oxygen atoms in total. The van der Waals surface area contributed by atoms with E-state index in [4.69, 9.17) is 0 Å². The third kappa shape index (κ3) is 3.17. The van der Waals surface area contributed by atoms with Gasteiger partial charge in [-0.1, -0.05) is 95.6 Å². The second kappa shape index (κ2) is 6.84. The third-order valence-corrected chi connectivity index (χ3v) is 9.33. The fourth-order valence-electron chi connectivity index (χ4n) is 3.18. The number of fused-ring (bicyclic) bond motifs is 3. The van der Waals surface area contributed by atoms with Gasteiger partial charge in [-0.25, -0.2) is 0 Å². The lowest BCUT2D eigenvalue weighted by molar-refractivity contribution is 1.26. The molecule has 0 bridgehead atoms. The van der Waals surface area contributed by atoms with Crippen molar-refractivity contribution in [2.75, 3.05) is 0 Å². The molecule has 2 heterocycles. The zero-order chi connectivity index (χ0) is 16.6. The molecular weight excluding hydrogens is 380 g/mol. The Labute approximate surface area is 164 Å². The van der Waals surface area contributed by atoms with Gasteiger partial charge in [0.05, 0.1) is 8.47 Å². The molecule has 0 saturated carbocycles. The molecule has 122 valence electrons. The average Bonchev–Trinajstić information content (AvgIpc) is 3.37. The summed E-state index contributed by atoms with van der Waals surface area (Å²) in [7, 11) is 0. The van der Waals surface area contributed by atoms with Crippen LogP contribution in [0.5, 0.6) is 0 Å². The van der Waals surface area contributed by atoms with Gasteiger partial charge in [0.15, 0.2) is 0 Å². The highest BCUT2D eigenvalue weighted by molar-refractivity contribution is 8.33. The Morgan fingerprint density at radius 1 is 0.760 bits per heavy atom. The van der Waals surface area contributed by atoms with Crippen LogP contribution in [0.2, 0.25) is 0 Å². The van der Waals surface area contributed by atoms with Gasteiger partial charge in [-0.15, -0.1) is 0 Å². The number of benzene rings is 2. The van der Waals surface area contributed by atoms with E-state index in [9.17, 15) is 0 Å². The average molecular weight is 395 g/mol. The first-order valence-electron chi connectivity index (χ1n) is 8.03. The van der Waals surface area contributed by atoms with E-state index in [1.807, 2.05) is 47.0 Å². The summed E-state index contributed by atoms with van der Waals surface area (Å²) in [6, 6.07) is 15.6. The Morgan fingerprint density at radius 3 is 2.52 bits per heavy atom. The molecule has 25 heavy (non-hydrogen) atoms. The van der Waals surface area contributed by atoms with E-state index in [-0.39, 0.29) is 0 Å². The van der Waals surface area contributed by atoms with Gasteiger partial charge in [0.25, 0.3) is 0 Å². The molecule has 0 atom stereocenters. The molecule has 0 fully saturated rings. The quantitative estimate of drug-likeness (QED) is 0.437. The first-order chi connectivity index (χ1) is 12.4. The van der Waals surface area contributed by atoms with Crippen LogP contribution in [0.15, 0.2) is 78.1 Å². The zero-order valence-electron chi connectivity index (χ0n) is 13.3. The zero-order valence-corrected chi connectivity index (χ0v) is 16.5. The van der Waals surface area contributed by atoms with Crippen LogP contribution in [-0.2, 0) is 6.42 Å². The molecule has 1 aliphatic carbocycles. The maximum atomic E-state index is 2.34. The van der Waals surface area contributed by atoms with Crippen molar-refractivity contribution in [2.45, 2.75) is 6.42 Å². The predicted molar refractivity (Wildman–Crippen MR) is 118 cm³/mol. The van der Waals surface area contributed by atoms with Crippen molar-refractivity contribution >= 4 is 53.1 Å². The summed E-state index contributed by atoms with van der Waals surface area (Å²) in [5.41, 5.74) is 6.96. The minimum atomic E-state index is 1.05. The van der Waals surface area contributed by atoms with E-state index in [0.717, 1.165) is 6.42 Å². The number of hydrogen-bond donors (Lipinski definition) is 0. The summed E-state index contributed by atoms with van der Waals surface area (Å²) >= 11 is 7.37. The van der Waals surface area contributed by atoms with Crippen LogP contribution in [0.1, 0.15) is 16.7 Å². The Kier molecular flexibility index (Phi) is 4.38. The first-order valence-corrected chi connectivity index (χ1v) is 11.5. The Hall–Kier alpha value is -1.20. The van der Waals surface area contributed by atoms with Crippen LogP contribution < -0.4 is 0 Å². The SMILES string of the molecule is C1=CSC(=C2SC=C(/C=C/c3ccc4c(c3)Cc3ccccc3-4)S2)S1. The Morgan fingerprint density at radius 2 is 1.60 bits per heavy atom. The fourth-order valence-corrected chi connectivity index (χ4v) is 7.53. The van der Waals surface area contributed by atoms with E-state index in [2.05, 4.69) is 70.8 Å². The fraction of sp³-hybridized carbons (Fsp3) is 0.0476. The van der Waals surface area contributed by atoms with Gasteiger partial charge < -0.3 is 0 Å². The molecule has 0 spiro atoms. The van der Waals surface area contributed by atoms with E-state index in [0.29, 0.717) is 0 Å². The molecular formula is C21H14S4. The summed E-state index contributed by atoms with van der Waals surface area (Å²) in [6.45, 7) is 0. The van der Waals surface area contributed by atoms with Gasteiger partial charge in [-0.2, -0.15) is 0 Å². The van der Waals surface area contributed by atoms with Crippen molar-refractivity contribution < 1.29 is 0 Å². The van der Waals surface area contributed by atoms with Crippen LogP contribution in [-0.4, -0.2) is 0 Å². The minimum absolute atomic E-state index is 1.05. The Balaban J connectivity index is 1.34. The maximum absolute atomic E-state index is 2.34. The molecule has 0 saturated heterocycles. The normalized spacial score (nSPS) is 18.2. The molecule has 2 aromatic carbocycles. The molecule has 0 radical (unpaired) electrons. The first kappa shape index (κ1) is 16.0. The highest BCUT2D eigenvalue weighted by Gasteiger charge is 2.18. The molecule has 2 aromatic rings.